The summed E-state index contributed by atoms with van der Waals surface area (Å²) < 4.78 is 20.4. The van der Waals surface area contributed by atoms with Crippen LogP contribution in [0.3, 0.4) is 0 Å². The number of ether oxygens (including phenoxy) is 1. The van der Waals surface area contributed by atoms with Gasteiger partial charge >= 0.3 is 0 Å². The van der Waals surface area contributed by atoms with E-state index in [2.05, 4.69) is 15.0 Å². The molecule has 1 fully saturated rings. The van der Waals surface area contributed by atoms with Gasteiger partial charge in [-0.2, -0.15) is 0 Å². The molecule has 3 aromatic rings. The molecule has 3 N–H and O–H groups in total. The fourth-order valence-electron chi connectivity index (χ4n) is 3.50. The highest BCUT2D eigenvalue weighted by Crippen LogP contribution is 2.29. The van der Waals surface area contributed by atoms with E-state index in [4.69, 9.17) is 10.5 Å². The van der Waals surface area contributed by atoms with E-state index in [-0.39, 0.29) is 24.1 Å². The van der Waals surface area contributed by atoms with E-state index in [1.165, 1.54) is 24.7 Å². The van der Waals surface area contributed by atoms with Crippen LogP contribution in [0.5, 0.6) is 0 Å². The van der Waals surface area contributed by atoms with Crippen molar-refractivity contribution in [1.82, 2.24) is 19.9 Å². The molecule has 0 saturated carbocycles. The number of aromatic nitrogens is 3. The van der Waals surface area contributed by atoms with Gasteiger partial charge in [-0.05, 0) is 24.6 Å². The van der Waals surface area contributed by atoms with Crippen molar-refractivity contribution in [2.45, 2.75) is 19.1 Å². The first kappa shape index (κ1) is 20.8. The van der Waals surface area contributed by atoms with Gasteiger partial charge in [0.15, 0.2) is 0 Å². The first-order valence-electron chi connectivity index (χ1n) is 9.86. The number of carbonyl (C=O) groups excluding carboxylic acids is 1. The molecule has 9 heteroatoms. The zero-order valence-electron chi connectivity index (χ0n) is 16.9. The molecule has 160 valence electrons. The van der Waals surface area contributed by atoms with Gasteiger partial charge in [0, 0.05) is 48.4 Å². The minimum Gasteiger partial charge on any atom is -0.391 e. The first-order valence-corrected chi connectivity index (χ1v) is 9.86. The van der Waals surface area contributed by atoms with Gasteiger partial charge in [0.1, 0.15) is 17.6 Å². The number of amides is 1. The van der Waals surface area contributed by atoms with Crippen LogP contribution in [0.2, 0.25) is 0 Å². The summed E-state index contributed by atoms with van der Waals surface area (Å²) in [4.78, 5) is 26.8. The lowest BCUT2D eigenvalue weighted by Gasteiger charge is -2.34. The van der Waals surface area contributed by atoms with Crippen molar-refractivity contribution >= 4 is 11.9 Å². The van der Waals surface area contributed by atoms with Crippen LogP contribution in [0, 0.1) is 5.82 Å². The van der Waals surface area contributed by atoms with Gasteiger partial charge < -0.3 is 20.5 Å². The van der Waals surface area contributed by atoms with Gasteiger partial charge in [-0.15, -0.1) is 0 Å². The van der Waals surface area contributed by atoms with Crippen LogP contribution in [0.15, 0.2) is 48.9 Å². The highest BCUT2D eigenvalue weighted by Gasteiger charge is 2.29. The number of hydrogen-bond donors (Lipinski definition) is 2. The third kappa shape index (κ3) is 4.37. The van der Waals surface area contributed by atoms with Crippen molar-refractivity contribution < 1.29 is 19.0 Å². The maximum Gasteiger partial charge on any atom is 0.273 e. The van der Waals surface area contributed by atoms with Crippen LogP contribution in [-0.2, 0) is 4.74 Å². The second kappa shape index (κ2) is 8.75. The van der Waals surface area contributed by atoms with E-state index >= 15 is 0 Å². The molecule has 2 aromatic heterocycles. The molecule has 1 saturated heterocycles. The zero-order chi connectivity index (χ0) is 22.0. The highest BCUT2D eigenvalue weighted by molar-refractivity contribution is 5.99. The number of hydrogen-bond acceptors (Lipinski definition) is 7. The summed E-state index contributed by atoms with van der Waals surface area (Å²) in [6.07, 6.45) is 3.29. The number of pyridine rings is 1. The van der Waals surface area contributed by atoms with Gasteiger partial charge in [0.25, 0.3) is 5.91 Å². The smallest absolute Gasteiger partial charge is 0.273 e. The lowest BCUT2D eigenvalue weighted by atomic mass is 9.99. The van der Waals surface area contributed by atoms with Crippen molar-refractivity contribution in [2.24, 2.45) is 0 Å². The number of aliphatic hydroxyl groups is 1. The fourth-order valence-corrected chi connectivity index (χ4v) is 3.50. The van der Waals surface area contributed by atoms with E-state index in [0.29, 0.717) is 35.4 Å². The molecule has 0 aliphatic carbocycles. The van der Waals surface area contributed by atoms with E-state index in [1.807, 2.05) is 0 Å². The number of benzene rings is 1. The molecule has 0 bridgehead atoms. The Balaban J connectivity index is 1.65. The Hall–Kier alpha value is -3.43. The number of nitrogen functional groups attached to an aromatic ring is 1. The van der Waals surface area contributed by atoms with E-state index in [9.17, 15) is 14.3 Å². The quantitative estimate of drug-likeness (QED) is 0.661. The van der Waals surface area contributed by atoms with Gasteiger partial charge in [0.2, 0.25) is 5.95 Å². The molecular formula is C22H22FN5O3. The predicted octanol–water partition coefficient (Wildman–Crippen LogP) is 2.15. The van der Waals surface area contributed by atoms with Gasteiger partial charge in [-0.25, -0.2) is 14.4 Å². The summed E-state index contributed by atoms with van der Waals surface area (Å²) in [6.45, 7) is 2.61. The highest BCUT2D eigenvalue weighted by atomic mass is 19.1. The van der Waals surface area contributed by atoms with Gasteiger partial charge in [-0.1, -0.05) is 18.2 Å². The summed E-state index contributed by atoms with van der Waals surface area (Å²) in [5.74, 6) is -0.658. The maximum atomic E-state index is 14.9. The Morgan fingerprint density at radius 3 is 2.71 bits per heavy atom. The summed E-state index contributed by atoms with van der Waals surface area (Å²) in [7, 11) is 0. The number of nitrogens with two attached hydrogens (primary N) is 1. The van der Waals surface area contributed by atoms with Crippen molar-refractivity contribution in [1.29, 1.82) is 0 Å². The van der Waals surface area contributed by atoms with Crippen molar-refractivity contribution in [3.63, 3.8) is 0 Å². The van der Waals surface area contributed by atoms with Gasteiger partial charge in [0.05, 0.1) is 12.7 Å². The van der Waals surface area contributed by atoms with Crippen molar-refractivity contribution in [3.05, 3.63) is 60.4 Å². The Bertz CT molecular complexity index is 1090. The Morgan fingerprint density at radius 2 is 2.00 bits per heavy atom. The van der Waals surface area contributed by atoms with E-state index < -0.39 is 18.0 Å². The molecule has 1 amide bonds. The molecular weight excluding hydrogens is 401 g/mol. The molecule has 1 aliphatic rings. The van der Waals surface area contributed by atoms with Crippen LogP contribution < -0.4 is 5.73 Å². The molecule has 1 aromatic carbocycles. The molecule has 4 rings (SSSR count). The van der Waals surface area contributed by atoms with E-state index in [1.54, 1.807) is 36.1 Å². The second-order valence-corrected chi connectivity index (χ2v) is 7.33. The number of anilines is 1. The third-order valence-corrected chi connectivity index (χ3v) is 5.19. The lowest BCUT2D eigenvalue weighted by Crippen LogP contribution is -2.49. The second-order valence-electron chi connectivity index (χ2n) is 7.33. The average molecular weight is 423 g/mol. The van der Waals surface area contributed by atoms with Crippen LogP contribution in [-0.4, -0.2) is 62.8 Å². The molecule has 2 atom stereocenters. The molecule has 1 aliphatic heterocycles. The summed E-state index contributed by atoms with van der Waals surface area (Å²) in [5, 5.41) is 9.81. The summed E-state index contributed by atoms with van der Waals surface area (Å²) >= 11 is 0. The van der Waals surface area contributed by atoms with Crippen LogP contribution in [0.25, 0.3) is 22.3 Å². The molecule has 3 heterocycles. The molecule has 2 unspecified atom stereocenters. The standard InChI is InChI=1S/C22H22FN5O3/c1-13(29)19-12-28(7-8-31-19)21(30)20-17(3-2-6-25-20)14-4-5-16(18(23)9-14)15-10-26-22(24)27-11-15/h2-6,9-11,13,19,29H,7-8,12H2,1H3,(H2,24,26,27). The van der Waals surface area contributed by atoms with Crippen molar-refractivity contribution in [2.75, 3.05) is 25.4 Å². The molecule has 31 heavy (non-hydrogen) atoms. The zero-order valence-corrected chi connectivity index (χ0v) is 16.9. The van der Waals surface area contributed by atoms with Crippen molar-refractivity contribution in [3.8, 4) is 22.3 Å². The topological polar surface area (TPSA) is 114 Å². The van der Waals surface area contributed by atoms with Crippen LogP contribution >= 0.6 is 0 Å². The summed E-state index contributed by atoms with van der Waals surface area (Å²) in [6, 6.07) is 8.12. The van der Waals surface area contributed by atoms with Crippen LogP contribution in [0.1, 0.15) is 17.4 Å². The molecule has 0 radical (unpaired) electrons. The number of carbonyl (C=O) groups is 1. The Morgan fingerprint density at radius 1 is 1.23 bits per heavy atom. The number of rotatable bonds is 4. The molecule has 8 nitrogen and oxygen atoms in total. The predicted molar refractivity (Wildman–Crippen MR) is 112 cm³/mol. The number of halogens is 1. The SMILES string of the molecule is CC(O)C1CN(C(=O)c2ncccc2-c2ccc(-c3cnc(N)nc3)c(F)c2)CCO1. The Labute approximate surface area is 178 Å². The minimum atomic E-state index is -0.697. The maximum absolute atomic E-state index is 14.9. The first-order chi connectivity index (χ1) is 14.9. The number of morpholine rings is 1. The average Bonchev–Trinajstić information content (AvgIpc) is 2.79. The number of aliphatic hydroxyl groups excluding tert-OH is 1. The minimum absolute atomic E-state index is 0.111. The lowest BCUT2D eigenvalue weighted by molar-refractivity contribution is -0.0745. The fraction of sp³-hybridized carbons (Fsp3) is 0.273. The normalized spacial score (nSPS) is 17.4. The van der Waals surface area contributed by atoms with Crippen LogP contribution in [0.4, 0.5) is 10.3 Å². The van der Waals surface area contributed by atoms with Gasteiger partial charge in [-0.3, -0.25) is 9.78 Å². The monoisotopic (exact) mass is 423 g/mol. The Kier molecular flexibility index (Phi) is 5.88. The van der Waals surface area contributed by atoms with E-state index in [0.717, 1.165) is 0 Å². The third-order valence-electron chi connectivity index (χ3n) is 5.19. The number of nitrogens with zero attached hydrogens (tertiary/aromatic N) is 4. The largest absolute Gasteiger partial charge is 0.391 e. The summed E-state index contributed by atoms with van der Waals surface area (Å²) in [5.41, 5.74) is 7.58. The molecule has 0 spiro atoms.